The number of para-hydroxylation sites is 1. The number of halogens is 1. The second-order valence-electron chi connectivity index (χ2n) is 11.6. The topological polar surface area (TPSA) is 71.1 Å². The predicted molar refractivity (Wildman–Crippen MR) is 154 cm³/mol. The van der Waals surface area contributed by atoms with Gasteiger partial charge in [-0.2, -0.15) is 0 Å². The zero-order valence-electron chi connectivity index (χ0n) is 23.5. The third kappa shape index (κ3) is 8.87. The minimum Gasteiger partial charge on any atom is -0.492 e. The fourth-order valence-electron chi connectivity index (χ4n) is 5.38. The van der Waals surface area contributed by atoms with E-state index in [4.69, 9.17) is 21.1 Å². The van der Waals surface area contributed by atoms with Gasteiger partial charge in [0.25, 0.3) is 0 Å². The Kier molecular flexibility index (Phi) is 10.1. The zero-order chi connectivity index (χ0) is 27.8. The molecular weight excluding hydrogens is 514 g/mol. The molecule has 2 aliphatic rings. The summed E-state index contributed by atoms with van der Waals surface area (Å²) in [6, 6.07) is 14.9. The number of ether oxygens (including phenoxy) is 2. The molecule has 0 aromatic heterocycles. The molecule has 1 atom stereocenters. The lowest BCUT2D eigenvalue weighted by Crippen LogP contribution is -2.52. The molecule has 212 valence electrons. The molecule has 2 fully saturated rings. The zero-order valence-corrected chi connectivity index (χ0v) is 24.2. The average molecular weight is 556 g/mol. The lowest BCUT2D eigenvalue weighted by atomic mass is 9.88. The highest BCUT2D eigenvalue weighted by Crippen LogP contribution is 2.34. The summed E-state index contributed by atoms with van der Waals surface area (Å²) in [4.78, 5) is 30.6. The highest BCUT2D eigenvalue weighted by molar-refractivity contribution is 6.30. The molecule has 2 amide bonds. The molecule has 0 spiro atoms. The SMILES string of the molecule is CC(C)(C)OC(=O)N[C@H](Cc1ccc(Cl)cc1)C(=O)N1CCC(c2ccccc2OCCN2CCCC2)CC1. The van der Waals surface area contributed by atoms with E-state index in [2.05, 4.69) is 28.4 Å². The number of nitrogens with zero attached hydrogens (tertiary/aromatic N) is 2. The summed E-state index contributed by atoms with van der Waals surface area (Å²) in [5, 5.41) is 3.45. The first kappa shape index (κ1) is 29.2. The summed E-state index contributed by atoms with van der Waals surface area (Å²) < 4.78 is 11.7. The van der Waals surface area contributed by atoms with Crippen LogP contribution in [0.3, 0.4) is 0 Å². The van der Waals surface area contributed by atoms with E-state index in [1.54, 1.807) is 32.9 Å². The van der Waals surface area contributed by atoms with Crippen LogP contribution in [0, 0.1) is 0 Å². The quantitative estimate of drug-likeness (QED) is 0.432. The van der Waals surface area contributed by atoms with Gasteiger partial charge in [0.15, 0.2) is 0 Å². The standard InChI is InChI=1S/C31H42ClN3O4/c1-31(2,3)39-30(37)33-27(22-23-10-12-25(32)13-11-23)29(36)35-18-14-24(15-19-35)26-8-4-5-9-28(26)38-21-20-34-16-6-7-17-34/h4-5,8-13,24,27H,6-7,14-22H2,1-3H3,(H,33,37)/t27-/m1/s1. The average Bonchev–Trinajstić information content (AvgIpc) is 3.42. The minimum absolute atomic E-state index is 0.0931. The molecule has 2 heterocycles. The highest BCUT2D eigenvalue weighted by atomic mass is 35.5. The number of carbonyl (C=O) groups is 2. The van der Waals surface area contributed by atoms with Gasteiger partial charge in [-0.3, -0.25) is 9.69 Å². The Bertz CT molecular complexity index is 1090. The first-order valence-corrected chi connectivity index (χ1v) is 14.5. The summed E-state index contributed by atoms with van der Waals surface area (Å²) in [5.41, 5.74) is 1.49. The van der Waals surface area contributed by atoms with Gasteiger partial charge >= 0.3 is 6.09 Å². The first-order valence-electron chi connectivity index (χ1n) is 14.1. The Labute approximate surface area is 237 Å². The molecule has 0 radical (unpaired) electrons. The fraction of sp³-hybridized carbons (Fsp3) is 0.548. The van der Waals surface area contributed by atoms with Crippen LogP contribution < -0.4 is 10.1 Å². The van der Waals surface area contributed by atoms with Crippen molar-refractivity contribution in [3.8, 4) is 5.75 Å². The number of hydrogen-bond donors (Lipinski definition) is 1. The van der Waals surface area contributed by atoms with Crippen molar-refractivity contribution < 1.29 is 19.1 Å². The Morgan fingerprint density at radius 1 is 1.00 bits per heavy atom. The van der Waals surface area contributed by atoms with E-state index in [-0.39, 0.29) is 5.91 Å². The lowest BCUT2D eigenvalue weighted by molar-refractivity contribution is -0.134. The molecule has 1 N–H and O–H groups in total. The van der Waals surface area contributed by atoms with E-state index in [0.717, 1.165) is 30.7 Å². The number of likely N-dealkylation sites (tertiary alicyclic amines) is 2. The highest BCUT2D eigenvalue weighted by Gasteiger charge is 2.32. The molecule has 0 aliphatic carbocycles. The number of rotatable bonds is 9. The smallest absolute Gasteiger partial charge is 0.408 e. The molecule has 39 heavy (non-hydrogen) atoms. The molecule has 0 saturated carbocycles. The van der Waals surface area contributed by atoms with Gasteiger partial charge in [0.2, 0.25) is 5.91 Å². The maximum Gasteiger partial charge on any atom is 0.408 e. The molecule has 2 saturated heterocycles. The molecular formula is C31H42ClN3O4. The third-order valence-electron chi connectivity index (χ3n) is 7.37. The van der Waals surface area contributed by atoms with E-state index in [1.807, 2.05) is 23.1 Å². The molecule has 4 rings (SSSR count). The second-order valence-corrected chi connectivity index (χ2v) is 12.0. The number of nitrogens with one attached hydrogen (secondary N) is 1. The second kappa shape index (κ2) is 13.5. The van der Waals surface area contributed by atoms with Crippen LogP contribution in [0.4, 0.5) is 4.79 Å². The molecule has 8 heteroatoms. The lowest BCUT2D eigenvalue weighted by Gasteiger charge is -2.35. The van der Waals surface area contributed by atoms with Crippen molar-refractivity contribution in [1.82, 2.24) is 15.1 Å². The van der Waals surface area contributed by atoms with Gasteiger partial charge < -0.3 is 19.7 Å². The molecule has 7 nitrogen and oxygen atoms in total. The number of amides is 2. The maximum atomic E-state index is 13.6. The summed E-state index contributed by atoms with van der Waals surface area (Å²) in [5.74, 6) is 1.18. The maximum absolute atomic E-state index is 13.6. The normalized spacial score (nSPS) is 17.6. The Hall–Kier alpha value is -2.77. The van der Waals surface area contributed by atoms with Crippen molar-refractivity contribution >= 4 is 23.6 Å². The van der Waals surface area contributed by atoms with Crippen molar-refractivity contribution in [1.29, 1.82) is 0 Å². The van der Waals surface area contributed by atoms with Crippen LogP contribution in [-0.4, -0.2) is 72.8 Å². The van der Waals surface area contributed by atoms with Gasteiger partial charge in [0, 0.05) is 31.1 Å². The monoisotopic (exact) mass is 555 g/mol. The van der Waals surface area contributed by atoms with Crippen LogP contribution in [0.25, 0.3) is 0 Å². The van der Waals surface area contributed by atoms with Crippen LogP contribution >= 0.6 is 11.6 Å². The molecule has 2 aromatic rings. The van der Waals surface area contributed by atoms with Crippen molar-refractivity contribution in [2.75, 3.05) is 39.3 Å². The number of benzene rings is 2. The summed E-state index contributed by atoms with van der Waals surface area (Å²) in [6.45, 7) is 10.7. The van der Waals surface area contributed by atoms with Crippen LogP contribution in [0.1, 0.15) is 63.5 Å². The summed E-state index contributed by atoms with van der Waals surface area (Å²) >= 11 is 6.05. The van der Waals surface area contributed by atoms with Crippen molar-refractivity contribution in [2.24, 2.45) is 0 Å². The van der Waals surface area contributed by atoms with E-state index < -0.39 is 17.7 Å². The van der Waals surface area contributed by atoms with Crippen molar-refractivity contribution in [3.05, 3.63) is 64.7 Å². The number of hydrogen-bond acceptors (Lipinski definition) is 5. The summed E-state index contributed by atoms with van der Waals surface area (Å²) in [6.07, 6.45) is 4.02. The predicted octanol–water partition coefficient (Wildman–Crippen LogP) is 5.66. The molecule has 0 bridgehead atoms. The van der Waals surface area contributed by atoms with E-state index in [9.17, 15) is 9.59 Å². The van der Waals surface area contributed by atoms with Gasteiger partial charge in [-0.05, 0) is 94.8 Å². The van der Waals surface area contributed by atoms with Crippen LogP contribution in [0.2, 0.25) is 5.02 Å². The molecule has 2 aliphatic heterocycles. The van der Waals surface area contributed by atoms with Gasteiger partial charge in [-0.25, -0.2) is 4.79 Å². The Morgan fingerprint density at radius 2 is 1.67 bits per heavy atom. The van der Waals surface area contributed by atoms with Crippen LogP contribution in [0.5, 0.6) is 5.75 Å². The van der Waals surface area contributed by atoms with E-state index in [0.29, 0.717) is 37.1 Å². The minimum atomic E-state index is -0.723. The molecule has 0 unspecified atom stereocenters. The first-order chi connectivity index (χ1) is 18.7. The van der Waals surface area contributed by atoms with Crippen LogP contribution in [0.15, 0.2) is 48.5 Å². The number of piperidine rings is 1. The van der Waals surface area contributed by atoms with Gasteiger partial charge in [0.1, 0.15) is 24.0 Å². The van der Waals surface area contributed by atoms with Gasteiger partial charge in [0.05, 0.1) is 0 Å². The van der Waals surface area contributed by atoms with Gasteiger partial charge in [-0.15, -0.1) is 0 Å². The largest absolute Gasteiger partial charge is 0.492 e. The summed E-state index contributed by atoms with van der Waals surface area (Å²) in [7, 11) is 0. The molecule has 2 aromatic carbocycles. The number of carbonyl (C=O) groups excluding carboxylic acids is 2. The fourth-order valence-corrected chi connectivity index (χ4v) is 5.50. The Balaban J connectivity index is 1.37. The van der Waals surface area contributed by atoms with Crippen molar-refractivity contribution in [2.45, 2.75) is 70.4 Å². The van der Waals surface area contributed by atoms with E-state index in [1.165, 1.54) is 31.5 Å². The van der Waals surface area contributed by atoms with Crippen molar-refractivity contribution in [3.63, 3.8) is 0 Å². The third-order valence-corrected chi connectivity index (χ3v) is 7.62. The number of alkyl carbamates (subject to hydrolysis) is 1. The Morgan fingerprint density at radius 3 is 2.33 bits per heavy atom. The van der Waals surface area contributed by atoms with Crippen LogP contribution in [-0.2, 0) is 16.0 Å². The van der Waals surface area contributed by atoms with E-state index >= 15 is 0 Å². The van der Waals surface area contributed by atoms with Gasteiger partial charge in [-0.1, -0.05) is 41.9 Å².